The topological polar surface area (TPSA) is 86.7 Å². The molecule has 6 nitrogen and oxygen atoms in total. The van der Waals surface area contributed by atoms with Crippen LogP contribution in [0.3, 0.4) is 0 Å². The van der Waals surface area contributed by atoms with Crippen LogP contribution in [0.2, 0.25) is 0 Å². The Balaban J connectivity index is 0.000000421. The van der Waals surface area contributed by atoms with Crippen LogP contribution in [-0.4, -0.2) is 23.9 Å². The van der Waals surface area contributed by atoms with Crippen molar-refractivity contribution in [2.24, 2.45) is 0 Å². The molecular weight excluding hydrogens is 324 g/mol. The average Bonchev–Trinajstić information content (AvgIpc) is 3.04. The Bertz CT molecular complexity index is 688. The second-order valence-corrected chi connectivity index (χ2v) is 4.12. The fraction of sp³-hybridized carbons (Fsp3) is 0.158. The predicted molar refractivity (Wildman–Crippen MR) is 93.0 cm³/mol. The zero-order valence-corrected chi connectivity index (χ0v) is 14.5. The Morgan fingerprint density at radius 3 is 1.20 bits per heavy atom. The summed E-state index contributed by atoms with van der Waals surface area (Å²) in [5, 5.41) is 0. The first kappa shape index (κ1) is 21.7. The van der Waals surface area contributed by atoms with Crippen molar-refractivity contribution in [1.82, 2.24) is 0 Å². The van der Waals surface area contributed by atoms with Crippen LogP contribution in [0.15, 0.2) is 72.4 Å². The smallest absolute Gasteiger partial charge is 0.346 e. The molecule has 0 aliphatic carbocycles. The van der Waals surface area contributed by atoms with Gasteiger partial charge in [-0.2, -0.15) is 0 Å². The zero-order valence-electron chi connectivity index (χ0n) is 14.5. The van der Waals surface area contributed by atoms with Crippen LogP contribution in [0, 0.1) is 0 Å². The Hall–Kier alpha value is -3.28. The lowest BCUT2D eigenvalue weighted by Gasteiger charge is -1.86. The van der Waals surface area contributed by atoms with E-state index in [9.17, 15) is 19.2 Å². The molecule has 0 amide bonds. The minimum absolute atomic E-state index is 0.185. The molecule has 0 spiro atoms. The molecule has 132 valence electrons. The van der Waals surface area contributed by atoms with Gasteiger partial charge in [0.2, 0.25) is 0 Å². The van der Waals surface area contributed by atoms with E-state index in [1.165, 1.54) is 24.3 Å². The Labute approximate surface area is 146 Å². The van der Waals surface area contributed by atoms with Crippen LogP contribution in [0.4, 0.5) is 0 Å². The molecule has 0 fully saturated rings. The summed E-state index contributed by atoms with van der Waals surface area (Å²) >= 11 is 0. The van der Waals surface area contributed by atoms with Crippen LogP contribution in [0.5, 0.6) is 0 Å². The maximum Gasteiger partial charge on any atom is 0.346 e. The quantitative estimate of drug-likeness (QED) is 0.576. The number of ether oxygens (including phenoxy) is 2. The molecule has 0 saturated carbocycles. The third-order valence-electron chi connectivity index (χ3n) is 2.78. The first-order chi connectivity index (χ1) is 11.9. The molecule has 0 atom stereocenters. The summed E-state index contributed by atoms with van der Waals surface area (Å²) in [5.41, 5.74) is 0.880. The fourth-order valence-corrected chi connectivity index (χ4v) is 1.73. The lowest BCUT2D eigenvalue weighted by atomic mass is 10.1. The van der Waals surface area contributed by atoms with E-state index in [-0.39, 0.29) is 22.3 Å². The van der Waals surface area contributed by atoms with Gasteiger partial charge >= 0.3 is 23.9 Å². The summed E-state index contributed by atoms with van der Waals surface area (Å²) in [6, 6.07) is 0. The molecule has 0 radical (unpaired) electrons. The Kier molecular flexibility index (Phi) is 9.11. The SMILES string of the molecule is C=CC1=C(/C=C\C)C(=O)OC1=O.C=CC1=C(C=C)C(=O)OC1=O.CC. The Morgan fingerprint density at radius 1 is 0.640 bits per heavy atom. The van der Waals surface area contributed by atoms with E-state index in [1.807, 2.05) is 13.8 Å². The van der Waals surface area contributed by atoms with Gasteiger partial charge in [0.25, 0.3) is 0 Å². The van der Waals surface area contributed by atoms with Crippen molar-refractivity contribution in [3.8, 4) is 0 Å². The number of hydrogen-bond donors (Lipinski definition) is 0. The maximum atomic E-state index is 10.9. The molecule has 0 aromatic heterocycles. The highest BCUT2D eigenvalue weighted by Gasteiger charge is 2.29. The summed E-state index contributed by atoms with van der Waals surface area (Å²) in [4.78, 5) is 43.4. The lowest BCUT2D eigenvalue weighted by molar-refractivity contribution is -0.152. The van der Waals surface area contributed by atoms with Gasteiger partial charge < -0.3 is 9.47 Å². The van der Waals surface area contributed by atoms with Crippen molar-refractivity contribution in [3.63, 3.8) is 0 Å². The van der Waals surface area contributed by atoms with E-state index in [0.717, 1.165) is 0 Å². The predicted octanol–water partition coefficient (Wildman–Crippen LogP) is 2.89. The van der Waals surface area contributed by atoms with Gasteiger partial charge in [0.1, 0.15) is 0 Å². The van der Waals surface area contributed by atoms with E-state index in [1.54, 1.807) is 13.0 Å². The van der Waals surface area contributed by atoms with Gasteiger partial charge in [-0.1, -0.05) is 64.0 Å². The van der Waals surface area contributed by atoms with E-state index < -0.39 is 23.9 Å². The lowest BCUT2D eigenvalue weighted by Crippen LogP contribution is -2.01. The largest absolute Gasteiger partial charge is 0.386 e. The van der Waals surface area contributed by atoms with Gasteiger partial charge in [0, 0.05) is 0 Å². The monoisotopic (exact) mass is 344 g/mol. The van der Waals surface area contributed by atoms with Crippen LogP contribution >= 0.6 is 0 Å². The average molecular weight is 344 g/mol. The fourth-order valence-electron chi connectivity index (χ4n) is 1.73. The highest BCUT2D eigenvalue weighted by molar-refractivity contribution is 6.15. The van der Waals surface area contributed by atoms with Crippen molar-refractivity contribution in [2.45, 2.75) is 20.8 Å². The van der Waals surface area contributed by atoms with Crippen molar-refractivity contribution in [3.05, 3.63) is 72.4 Å². The summed E-state index contributed by atoms with van der Waals surface area (Å²) in [6.07, 6.45) is 7.08. The van der Waals surface area contributed by atoms with E-state index in [2.05, 4.69) is 29.2 Å². The van der Waals surface area contributed by atoms with Crippen molar-refractivity contribution in [1.29, 1.82) is 0 Å². The molecule has 2 aliphatic rings. The molecule has 2 rings (SSSR count). The van der Waals surface area contributed by atoms with Gasteiger partial charge in [0.15, 0.2) is 0 Å². The number of carbonyl (C=O) groups excluding carboxylic acids is 4. The molecule has 0 aromatic rings. The normalized spacial score (nSPS) is 16.0. The number of hydrogen-bond acceptors (Lipinski definition) is 6. The molecule has 0 saturated heterocycles. The molecule has 2 heterocycles. The standard InChI is InChI=1S/C9H8O3.C8H6O3.C2H6/c1-3-5-7-6(4-2)8(10)12-9(7)11;1-3-5-6(4-2)8(10)11-7(5)9;1-2/h3-5H,2H2,1H3;3-4H,1-2H2;1-2H3/b5-3-;;. The van der Waals surface area contributed by atoms with Crippen LogP contribution in [0.1, 0.15) is 20.8 Å². The molecular formula is C19H20O6. The van der Waals surface area contributed by atoms with Crippen molar-refractivity contribution in [2.75, 3.05) is 0 Å². The summed E-state index contributed by atoms with van der Waals surface area (Å²) in [6.45, 7) is 15.9. The molecule has 2 aliphatic heterocycles. The molecule has 0 aromatic carbocycles. The molecule has 6 heteroatoms. The van der Waals surface area contributed by atoms with Crippen LogP contribution in [0.25, 0.3) is 0 Å². The first-order valence-corrected chi connectivity index (χ1v) is 7.42. The molecule has 25 heavy (non-hydrogen) atoms. The molecule has 0 N–H and O–H groups in total. The van der Waals surface area contributed by atoms with E-state index in [0.29, 0.717) is 0 Å². The van der Waals surface area contributed by atoms with E-state index >= 15 is 0 Å². The number of cyclic esters (lactones) is 4. The summed E-state index contributed by atoms with van der Waals surface area (Å²) < 4.78 is 8.63. The van der Waals surface area contributed by atoms with Gasteiger partial charge in [-0.25, -0.2) is 19.2 Å². The second-order valence-electron chi connectivity index (χ2n) is 4.12. The molecule has 0 bridgehead atoms. The van der Waals surface area contributed by atoms with Gasteiger partial charge in [-0.3, -0.25) is 0 Å². The Morgan fingerprint density at radius 2 is 0.920 bits per heavy atom. The summed E-state index contributed by atoms with van der Waals surface area (Å²) in [7, 11) is 0. The minimum Gasteiger partial charge on any atom is -0.386 e. The van der Waals surface area contributed by atoms with Crippen molar-refractivity contribution >= 4 is 23.9 Å². The zero-order chi connectivity index (χ0) is 19.6. The second kappa shape index (κ2) is 10.5. The number of carbonyl (C=O) groups is 4. The highest BCUT2D eigenvalue weighted by Crippen LogP contribution is 2.19. The van der Waals surface area contributed by atoms with Crippen LogP contribution < -0.4 is 0 Å². The van der Waals surface area contributed by atoms with Gasteiger partial charge in [-0.15, -0.1) is 0 Å². The number of esters is 4. The first-order valence-electron chi connectivity index (χ1n) is 7.42. The third kappa shape index (κ3) is 5.10. The van der Waals surface area contributed by atoms with Crippen molar-refractivity contribution < 1.29 is 28.7 Å². The minimum atomic E-state index is -0.653. The van der Waals surface area contributed by atoms with E-state index in [4.69, 9.17) is 0 Å². The highest BCUT2D eigenvalue weighted by atomic mass is 16.6. The number of allylic oxidation sites excluding steroid dienone is 1. The summed E-state index contributed by atoms with van der Waals surface area (Å²) in [5.74, 6) is -2.53. The van der Waals surface area contributed by atoms with Crippen LogP contribution in [-0.2, 0) is 28.7 Å². The number of rotatable bonds is 4. The van der Waals surface area contributed by atoms with Gasteiger partial charge in [-0.05, 0) is 6.92 Å². The third-order valence-corrected chi connectivity index (χ3v) is 2.78. The maximum absolute atomic E-state index is 10.9. The van der Waals surface area contributed by atoms with Gasteiger partial charge in [0.05, 0.1) is 22.3 Å². The molecule has 0 unspecified atom stereocenters.